The van der Waals surface area contributed by atoms with Crippen LogP contribution in [0.5, 0.6) is 0 Å². The molecule has 0 radical (unpaired) electrons. The number of benzene rings is 3. The number of nitrogens with zero attached hydrogens (tertiary/aromatic N) is 3. The lowest BCUT2D eigenvalue weighted by molar-refractivity contribution is 0.102. The van der Waals surface area contributed by atoms with Crippen molar-refractivity contribution in [3.05, 3.63) is 118 Å². The molecule has 0 aliphatic heterocycles. The third kappa shape index (κ3) is 4.39. The van der Waals surface area contributed by atoms with Crippen molar-refractivity contribution < 1.29 is 9.59 Å². The Kier molecular flexibility index (Phi) is 6.12. The van der Waals surface area contributed by atoms with Gasteiger partial charge in [0.25, 0.3) is 5.91 Å². The van der Waals surface area contributed by atoms with Gasteiger partial charge in [-0.1, -0.05) is 59.6 Å². The van der Waals surface area contributed by atoms with Gasteiger partial charge in [-0.2, -0.15) is 5.10 Å². The fourth-order valence-corrected chi connectivity index (χ4v) is 4.38. The molecule has 7 heteroatoms. The van der Waals surface area contributed by atoms with E-state index in [4.69, 9.17) is 16.6 Å². The van der Waals surface area contributed by atoms with Gasteiger partial charge >= 0.3 is 0 Å². The fraction of sp³-hybridized carbons (Fsp3) is 0.103. The van der Waals surface area contributed by atoms with Crippen molar-refractivity contribution >= 4 is 40.0 Å². The number of carbonyl (C=O) groups is 2. The van der Waals surface area contributed by atoms with Crippen LogP contribution in [0.25, 0.3) is 16.7 Å². The number of aromatic nitrogens is 3. The summed E-state index contributed by atoms with van der Waals surface area (Å²) in [5.74, 6) is -0.589. The number of hydrogen-bond donors (Lipinski definition) is 1. The molecule has 36 heavy (non-hydrogen) atoms. The normalized spacial score (nSPS) is 11.0. The minimum Gasteiger partial charge on any atom is -0.321 e. The third-order valence-electron chi connectivity index (χ3n) is 5.97. The summed E-state index contributed by atoms with van der Waals surface area (Å²) in [7, 11) is 0. The lowest BCUT2D eigenvalue weighted by atomic mass is 10.0. The van der Waals surface area contributed by atoms with Crippen LogP contribution in [-0.4, -0.2) is 26.5 Å². The second kappa shape index (κ2) is 9.40. The number of anilines is 1. The maximum absolute atomic E-state index is 13.6. The lowest BCUT2D eigenvalue weighted by Gasteiger charge is -2.12. The first-order chi connectivity index (χ1) is 17.3. The molecule has 2 aromatic heterocycles. The third-order valence-corrected chi connectivity index (χ3v) is 6.21. The number of aryl methyl sites for hydroxylation is 3. The zero-order valence-corrected chi connectivity index (χ0v) is 20.8. The van der Waals surface area contributed by atoms with E-state index in [-0.39, 0.29) is 11.7 Å². The number of ketones is 1. The standard InChI is InChI=1S/C29H23ClN4O2/c1-17-9-12-22(13-10-17)34-28-26(19(3)33-34)24(15-18(2)31-28)29(36)32-25-14-11-21(30)16-23(25)27(35)20-7-5-4-6-8-20/h4-16H,1-3H3,(H,32,36). The van der Waals surface area contributed by atoms with E-state index in [1.54, 1.807) is 53.2 Å². The van der Waals surface area contributed by atoms with Crippen LogP contribution < -0.4 is 5.32 Å². The van der Waals surface area contributed by atoms with E-state index in [1.807, 2.05) is 51.1 Å². The molecule has 0 saturated carbocycles. The highest BCUT2D eigenvalue weighted by Crippen LogP contribution is 2.28. The maximum Gasteiger partial charge on any atom is 0.256 e. The van der Waals surface area contributed by atoms with Crippen LogP contribution in [0.2, 0.25) is 5.02 Å². The van der Waals surface area contributed by atoms with E-state index < -0.39 is 0 Å². The van der Waals surface area contributed by atoms with E-state index in [2.05, 4.69) is 10.4 Å². The molecule has 5 aromatic rings. The highest BCUT2D eigenvalue weighted by molar-refractivity contribution is 6.31. The van der Waals surface area contributed by atoms with Gasteiger partial charge in [-0.3, -0.25) is 9.59 Å². The first-order valence-corrected chi connectivity index (χ1v) is 11.8. The highest BCUT2D eigenvalue weighted by atomic mass is 35.5. The Bertz CT molecular complexity index is 1620. The van der Waals surface area contributed by atoms with Crippen molar-refractivity contribution in [2.45, 2.75) is 20.8 Å². The summed E-state index contributed by atoms with van der Waals surface area (Å²) >= 11 is 6.21. The van der Waals surface area contributed by atoms with Gasteiger partial charge in [-0.15, -0.1) is 0 Å². The summed E-state index contributed by atoms with van der Waals surface area (Å²) < 4.78 is 1.75. The summed E-state index contributed by atoms with van der Waals surface area (Å²) in [6.07, 6.45) is 0. The number of pyridine rings is 1. The molecule has 0 atom stereocenters. The molecule has 1 amide bonds. The summed E-state index contributed by atoms with van der Waals surface area (Å²) in [5, 5.41) is 8.67. The molecular weight excluding hydrogens is 472 g/mol. The van der Waals surface area contributed by atoms with Crippen molar-refractivity contribution in [1.82, 2.24) is 14.8 Å². The summed E-state index contributed by atoms with van der Waals surface area (Å²) in [6, 6.07) is 23.4. The largest absolute Gasteiger partial charge is 0.321 e. The first kappa shape index (κ1) is 23.5. The predicted octanol–water partition coefficient (Wildman–Crippen LogP) is 6.48. The first-order valence-electron chi connectivity index (χ1n) is 11.5. The number of halogens is 1. The molecule has 178 valence electrons. The molecule has 6 nitrogen and oxygen atoms in total. The monoisotopic (exact) mass is 494 g/mol. The molecule has 3 aromatic carbocycles. The second-order valence-electron chi connectivity index (χ2n) is 8.68. The van der Waals surface area contributed by atoms with Gasteiger partial charge in [0, 0.05) is 21.8 Å². The number of fused-ring (bicyclic) bond motifs is 1. The number of carbonyl (C=O) groups excluding carboxylic acids is 2. The van der Waals surface area contributed by atoms with Gasteiger partial charge in [0.2, 0.25) is 0 Å². The maximum atomic E-state index is 13.6. The Hall–Kier alpha value is -4.29. The number of rotatable bonds is 5. The van der Waals surface area contributed by atoms with Gasteiger partial charge in [0.05, 0.1) is 28.0 Å². The van der Waals surface area contributed by atoms with Crippen LogP contribution in [0.15, 0.2) is 78.9 Å². The van der Waals surface area contributed by atoms with Crippen molar-refractivity contribution in [2.24, 2.45) is 0 Å². The van der Waals surface area contributed by atoms with E-state index in [0.717, 1.165) is 11.3 Å². The molecule has 5 rings (SSSR count). The SMILES string of the molecule is Cc1ccc(-n2nc(C)c3c(C(=O)Nc4ccc(Cl)cc4C(=O)c4ccccc4)cc(C)nc32)cc1. The molecule has 0 bridgehead atoms. The fourth-order valence-electron chi connectivity index (χ4n) is 4.21. The quantitative estimate of drug-likeness (QED) is 0.283. The predicted molar refractivity (Wildman–Crippen MR) is 142 cm³/mol. The Labute approximate surface area is 213 Å². The van der Waals surface area contributed by atoms with Gasteiger partial charge in [0.1, 0.15) is 0 Å². The van der Waals surface area contributed by atoms with E-state index in [0.29, 0.717) is 49.8 Å². The number of nitrogens with one attached hydrogen (secondary N) is 1. The van der Waals surface area contributed by atoms with Gasteiger partial charge < -0.3 is 5.32 Å². The van der Waals surface area contributed by atoms with Gasteiger partial charge in [-0.05, 0) is 57.2 Å². The zero-order valence-electron chi connectivity index (χ0n) is 20.0. The van der Waals surface area contributed by atoms with Crippen molar-refractivity contribution in [3.63, 3.8) is 0 Å². The molecule has 0 unspecified atom stereocenters. The topological polar surface area (TPSA) is 76.9 Å². The molecule has 0 aliphatic rings. The molecule has 0 fully saturated rings. The smallest absolute Gasteiger partial charge is 0.256 e. The number of hydrogen-bond acceptors (Lipinski definition) is 4. The molecule has 0 saturated heterocycles. The van der Waals surface area contributed by atoms with Crippen LogP contribution in [0, 0.1) is 20.8 Å². The van der Waals surface area contributed by atoms with Gasteiger partial charge in [-0.25, -0.2) is 9.67 Å². The molecule has 0 aliphatic carbocycles. The van der Waals surface area contributed by atoms with Crippen molar-refractivity contribution in [3.8, 4) is 5.69 Å². The Morgan fingerprint density at radius 1 is 0.861 bits per heavy atom. The van der Waals surface area contributed by atoms with Crippen LogP contribution in [0.1, 0.15) is 43.2 Å². The average Bonchev–Trinajstić information content (AvgIpc) is 3.21. The minimum absolute atomic E-state index is 0.229. The van der Waals surface area contributed by atoms with E-state index in [1.165, 1.54) is 0 Å². The average molecular weight is 495 g/mol. The molecule has 2 heterocycles. The zero-order chi connectivity index (χ0) is 25.4. The minimum atomic E-state index is -0.360. The summed E-state index contributed by atoms with van der Waals surface area (Å²) in [5.41, 5.74) is 5.59. The molecule has 1 N–H and O–H groups in total. The lowest BCUT2D eigenvalue weighted by Crippen LogP contribution is -2.16. The Morgan fingerprint density at radius 3 is 2.31 bits per heavy atom. The number of amides is 1. The molecule has 0 spiro atoms. The Morgan fingerprint density at radius 2 is 1.58 bits per heavy atom. The van der Waals surface area contributed by atoms with Crippen LogP contribution in [-0.2, 0) is 0 Å². The molecular formula is C29H23ClN4O2. The Balaban J connectivity index is 1.57. The summed E-state index contributed by atoms with van der Waals surface area (Å²) in [6.45, 7) is 5.72. The van der Waals surface area contributed by atoms with Crippen molar-refractivity contribution in [1.29, 1.82) is 0 Å². The second-order valence-corrected chi connectivity index (χ2v) is 9.12. The van der Waals surface area contributed by atoms with E-state index in [9.17, 15) is 9.59 Å². The van der Waals surface area contributed by atoms with E-state index >= 15 is 0 Å². The highest BCUT2D eigenvalue weighted by Gasteiger charge is 2.22. The van der Waals surface area contributed by atoms with Gasteiger partial charge in [0.15, 0.2) is 11.4 Å². The van der Waals surface area contributed by atoms with Crippen LogP contribution in [0.4, 0.5) is 5.69 Å². The van der Waals surface area contributed by atoms with Crippen LogP contribution in [0.3, 0.4) is 0 Å². The van der Waals surface area contributed by atoms with Crippen LogP contribution >= 0.6 is 11.6 Å². The summed E-state index contributed by atoms with van der Waals surface area (Å²) in [4.78, 5) is 31.5. The van der Waals surface area contributed by atoms with Crippen molar-refractivity contribution in [2.75, 3.05) is 5.32 Å².